The summed E-state index contributed by atoms with van der Waals surface area (Å²) in [4.78, 5) is 0. The zero-order valence-corrected chi connectivity index (χ0v) is 9.98. The van der Waals surface area contributed by atoms with E-state index in [-0.39, 0.29) is 0 Å². The highest BCUT2D eigenvalue weighted by atomic mass is 31.1. The lowest BCUT2D eigenvalue weighted by atomic mass is 10.1. The number of hydrogen-bond donors (Lipinski definition) is 0. The van der Waals surface area contributed by atoms with Gasteiger partial charge in [0.2, 0.25) is 0 Å². The van der Waals surface area contributed by atoms with Gasteiger partial charge in [-0.1, -0.05) is 34.9 Å². The molecule has 1 aromatic rings. The minimum Gasteiger partial charge on any atom is -0.288 e. The minimum atomic E-state index is -0.870. The molecule has 0 aliphatic rings. The zero-order valence-electron chi connectivity index (χ0n) is 9.09. The van der Waals surface area contributed by atoms with E-state index in [1.54, 1.807) is 13.3 Å². The molecule has 73 valence electrons. The number of hydrogen-bond acceptors (Lipinski definition) is 1. The molecule has 0 atom stereocenters. The quantitative estimate of drug-likeness (QED) is 0.580. The average molecular weight is 197 g/mol. The van der Waals surface area contributed by atoms with Crippen molar-refractivity contribution in [3.05, 3.63) is 34.9 Å². The Balaban J connectivity index is 0.000000310. The van der Waals surface area contributed by atoms with Gasteiger partial charge in [-0.25, -0.2) is 0 Å². The molecule has 1 nitrogen and oxygen atoms in total. The van der Waals surface area contributed by atoms with Gasteiger partial charge in [-0.15, -0.1) is 0 Å². The second kappa shape index (κ2) is 5.88. The monoisotopic (exact) mass is 197 g/mol. The second-order valence-corrected chi connectivity index (χ2v) is 5.10. The number of aryl methyl sites for hydroxylation is 3. The maximum Gasteiger partial charge on any atom is 0.0655 e. The van der Waals surface area contributed by atoms with Gasteiger partial charge in [0.1, 0.15) is 0 Å². The lowest BCUT2D eigenvalue weighted by Gasteiger charge is -1.96. The average Bonchev–Trinajstić information content (AvgIpc) is 1.80. The van der Waals surface area contributed by atoms with Crippen molar-refractivity contribution in [1.82, 2.24) is 0 Å². The summed E-state index contributed by atoms with van der Waals surface area (Å²) < 4.78 is 9.59. The molecule has 0 saturated heterocycles. The summed E-state index contributed by atoms with van der Waals surface area (Å²) in [5, 5.41) is 0. The molecule has 0 aliphatic heterocycles. The smallest absolute Gasteiger partial charge is 0.0655 e. The lowest BCUT2D eigenvalue weighted by Crippen LogP contribution is -1.78. The molecule has 0 fully saturated rings. The minimum absolute atomic E-state index is 0.870. The third-order valence-electron chi connectivity index (χ3n) is 1.37. The zero-order chi connectivity index (χ0) is 10.4. The van der Waals surface area contributed by atoms with Crippen LogP contribution in [0.2, 0.25) is 0 Å². The van der Waals surface area contributed by atoms with E-state index in [2.05, 4.69) is 39.0 Å². The van der Waals surface area contributed by atoms with Crippen molar-refractivity contribution in [3.8, 4) is 0 Å². The molecule has 1 radical (unpaired) electrons. The number of benzene rings is 1. The molecule has 13 heavy (non-hydrogen) atoms. The van der Waals surface area contributed by atoms with Gasteiger partial charge in [0.15, 0.2) is 0 Å². The van der Waals surface area contributed by atoms with Crippen LogP contribution in [0.3, 0.4) is 0 Å². The second-order valence-electron chi connectivity index (χ2n) is 3.48. The van der Waals surface area contributed by atoms with E-state index >= 15 is 0 Å². The summed E-state index contributed by atoms with van der Waals surface area (Å²) in [7, 11) is -0.870. The SMILES string of the molecule is C[P](C)=O.Cc1cc(C)cc(C)c1. The highest BCUT2D eigenvalue weighted by molar-refractivity contribution is 7.42. The van der Waals surface area contributed by atoms with Gasteiger partial charge < -0.3 is 0 Å². The van der Waals surface area contributed by atoms with Gasteiger partial charge in [0, 0.05) is 13.3 Å². The van der Waals surface area contributed by atoms with E-state index < -0.39 is 7.80 Å². The molecular weight excluding hydrogens is 179 g/mol. The summed E-state index contributed by atoms with van der Waals surface area (Å²) in [6.07, 6.45) is 0. The Morgan fingerprint density at radius 2 is 1.00 bits per heavy atom. The topological polar surface area (TPSA) is 17.1 Å². The van der Waals surface area contributed by atoms with Gasteiger partial charge in [-0.2, -0.15) is 0 Å². The Hall–Kier alpha value is -0.680. The van der Waals surface area contributed by atoms with E-state index in [0.717, 1.165) is 0 Å². The first-order valence-corrected chi connectivity index (χ1v) is 6.46. The third kappa shape index (κ3) is 7.67. The summed E-state index contributed by atoms with van der Waals surface area (Å²) in [5.41, 5.74) is 4.06. The predicted octanol–water partition coefficient (Wildman–Crippen LogP) is 3.69. The van der Waals surface area contributed by atoms with Crippen molar-refractivity contribution < 1.29 is 4.57 Å². The van der Waals surface area contributed by atoms with E-state index in [1.165, 1.54) is 16.7 Å². The van der Waals surface area contributed by atoms with Crippen molar-refractivity contribution in [1.29, 1.82) is 0 Å². The van der Waals surface area contributed by atoms with Gasteiger partial charge >= 0.3 is 0 Å². The summed E-state index contributed by atoms with van der Waals surface area (Å²) in [5.74, 6) is 0. The van der Waals surface area contributed by atoms with Gasteiger partial charge in [-0.3, -0.25) is 4.57 Å². The lowest BCUT2D eigenvalue weighted by molar-refractivity contribution is 0.594. The maximum atomic E-state index is 9.59. The fraction of sp³-hybridized carbons (Fsp3) is 0.455. The molecule has 0 aliphatic carbocycles. The van der Waals surface area contributed by atoms with Crippen LogP contribution < -0.4 is 0 Å². The van der Waals surface area contributed by atoms with Gasteiger partial charge in [-0.05, 0) is 20.8 Å². The molecule has 2 heteroatoms. The van der Waals surface area contributed by atoms with Crippen LogP contribution in [-0.4, -0.2) is 13.3 Å². The van der Waals surface area contributed by atoms with E-state index in [0.29, 0.717) is 0 Å². The highest BCUT2D eigenvalue weighted by Crippen LogP contribution is 2.06. The maximum absolute atomic E-state index is 9.59. The van der Waals surface area contributed by atoms with Crippen molar-refractivity contribution >= 4 is 7.80 Å². The Morgan fingerprint density at radius 1 is 0.846 bits per heavy atom. The molecule has 0 aromatic heterocycles. The van der Waals surface area contributed by atoms with Crippen LogP contribution in [-0.2, 0) is 4.57 Å². The van der Waals surface area contributed by atoms with Crippen LogP contribution >= 0.6 is 7.80 Å². The standard InChI is InChI=1S/C9H12.C2H6OP/c1-7-4-8(2)6-9(3)5-7;1-4(2)3/h4-6H,1-3H3;1-2H3. The Kier molecular flexibility index (Phi) is 5.57. The van der Waals surface area contributed by atoms with Crippen LogP contribution in [0.15, 0.2) is 18.2 Å². The van der Waals surface area contributed by atoms with Crippen molar-refractivity contribution in [3.63, 3.8) is 0 Å². The van der Waals surface area contributed by atoms with Crippen LogP contribution in [0, 0.1) is 20.8 Å². The third-order valence-corrected chi connectivity index (χ3v) is 1.37. The first-order valence-electron chi connectivity index (χ1n) is 4.31. The highest BCUT2D eigenvalue weighted by Gasteiger charge is 1.87. The van der Waals surface area contributed by atoms with Gasteiger partial charge in [0.05, 0.1) is 7.80 Å². The number of rotatable bonds is 0. The Labute approximate surface area is 82.0 Å². The van der Waals surface area contributed by atoms with E-state index in [1.807, 2.05) is 0 Å². The van der Waals surface area contributed by atoms with Crippen molar-refractivity contribution in [2.75, 3.05) is 13.3 Å². The molecule has 0 N–H and O–H groups in total. The first kappa shape index (κ1) is 12.3. The molecule has 0 spiro atoms. The molecule has 0 amide bonds. The molecule has 0 bridgehead atoms. The Bertz CT molecular complexity index is 238. The largest absolute Gasteiger partial charge is 0.288 e. The fourth-order valence-corrected chi connectivity index (χ4v) is 1.20. The summed E-state index contributed by atoms with van der Waals surface area (Å²) in [6.45, 7) is 9.73. The van der Waals surface area contributed by atoms with E-state index in [9.17, 15) is 4.57 Å². The van der Waals surface area contributed by atoms with E-state index in [4.69, 9.17) is 0 Å². The summed E-state index contributed by atoms with van der Waals surface area (Å²) >= 11 is 0. The molecule has 1 rings (SSSR count). The fourth-order valence-electron chi connectivity index (χ4n) is 1.20. The Morgan fingerprint density at radius 3 is 1.15 bits per heavy atom. The van der Waals surface area contributed by atoms with Gasteiger partial charge in [0.25, 0.3) is 0 Å². The first-order chi connectivity index (χ1) is 5.91. The molecule has 1 aromatic carbocycles. The normalized spacial score (nSPS) is 8.69. The molecule has 0 saturated carbocycles. The summed E-state index contributed by atoms with van der Waals surface area (Å²) in [6, 6.07) is 6.56. The molecule has 0 unspecified atom stereocenters. The van der Waals surface area contributed by atoms with Crippen molar-refractivity contribution in [2.45, 2.75) is 20.8 Å². The molecular formula is C11H18OP. The molecule has 0 heterocycles. The van der Waals surface area contributed by atoms with Crippen LogP contribution in [0.4, 0.5) is 0 Å². The van der Waals surface area contributed by atoms with Crippen LogP contribution in [0.1, 0.15) is 16.7 Å². The van der Waals surface area contributed by atoms with Crippen LogP contribution in [0.25, 0.3) is 0 Å². The predicted molar refractivity (Wildman–Crippen MR) is 60.1 cm³/mol. The van der Waals surface area contributed by atoms with Crippen LogP contribution in [0.5, 0.6) is 0 Å². The van der Waals surface area contributed by atoms with Crippen molar-refractivity contribution in [2.24, 2.45) is 0 Å².